The lowest BCUT2D eigenvalue weighted by Gasteiger charge is -2.24. The summed E-state index contributed by atoms with van der Waals surface area (Å²) in [4.78, 5) is -0.593. The van der Waals surface area contributed by atoms with Crippen molar-refractivity contribution < 1.29 is 26.0 Å². The summed E-state index contributed by atoms with van der Waals surface area (Å²) in [5.74, 6) is -1.65. The highest BCUT2D eigenvalue weighted by molar-refractivity contribution is 7.89. The Morgan fingerprint density at radius 2 is 1.76 bits per heavy atom. The van der Waals surface area contributed by atoms with Gasteiger partial charge in [-0.3, -0.25) is 0 Å². The molecule has 1 aromatic rings. The molecule has 0 saturated carbocycles. The number of benzene rings is 1. The number of nitrogens with two attached hydrogens (primary N) is 1. The van der Waals surface area contributed by atoms with E-state index in [0.29, 0.717) is 18.2 Å². The molecule has 21 heavy (non-hydrogen) atoms. The predicted octanol–water partition coefficient (Wildman–Crippen LogP) is 2.28. The van der Waals surface area contributed by atoms with Crippen LogP contribution in [0.4, 0.5) is 17.6 Å². The summed E-state index contributed by atoms with van der Waals surface area (Å²) < 4.78 is 76.5. The van der Waals surface area contributed by atoms with Crippen LogP contribution in [0.2, 0.25) is 0 Å². The molecule has 0 aliphatic rings. The lowest BCUT2D eigenvalue weighted by molar-refractivity contribution is -0.140. The van der Waals surface area contributed by atoms with Crippen LogP contribution in [0.25, 0.3) is 0 Å². The molecule has 4 nitrogen and oxygen atoms in total. The fourth-order valence-corrected chi connectivity index (χ4v) is 2.79. The maximum absolute atomic E-state index is 13.4. The number of hydrogen-bond acceptors (Lipinski definition) is 3. The van der Waals surface area contributed by atoms with E-state index in [9.17, 15) is 26.0 Å². The maximum Gasteiger partial charge on any atom is 0.419 e. The molecule has 0 fully saturated rings. The molecular weight excluding hydrogens is 336 g/mol. The molecule has 0 saturated heterocycles. The lowest BCUT2D eigenvalue weighted by Crippen LogP contribution is -2.48. The van der Waals surface area contributed by atoms with Crippen LogP contribution < -0.4 is 10.5 Å². The van der Waals surface area contributed by atoms with Gasteiger partial charge < -0.3 is 5.73 Å². The highest BCUT2D eigenvalue weighted by Crippen LogP contribution is 2.32. The quantitative estimate of drug-likeness (QED) is 0.818. The van der Waals surface area contributed by atoms with Crippen LogP contribution in [0.3, 0.4) is 0 Å². The molecule has 0 aromatic heterocycles. The predicted molar refractivity (Wildman–Crippen MR) is 72.1 cm³/mol. The van der Waals surface area contributed by atoms with Gasteiger partial charge in [-0.1, -0.05) is 0 Å². The van der Waals surface area contributed by atoms with E-state index in [4.69, 9.17) is 5.73 Å². The first-order valence-electron chi connectivity index (χ1n) is 5.50. The van der Waals surface area contributed by atoms with Gasteiger partial charge in [-0.15, -0.1) is 12.4 Å². The molecule has 10 heteroatoms. The Morgan fingerprint density at radius 3 is 2.14 bits per heavy atom. The zero-order chi connectivity index (χ0) is 15.8. The van der Waals surface area contributed by atoms with Gasteiger partial charge in [0.2, 0.25) is 10.0 Å². The van der Waals surface area contributed by atoms with E-state index in [1.54, 1.807) is 0 Å². The average Bonchev–Trinajstić information content (AvgIpc) is 2.25. The molecule has 3 N–H and O–H groups in total. The van der Waals surface area contributed by atoms with E-state index in [-0.39, 0.29) is 19.0 Å². The van der Waals surface area contributed by atoms with Crippen molar-refractivity contribution in [1.82, 2.24) is 4.72 Å². The summed E-state index contributed by atoms with van der Waals surface area (Å²) in [5, 5.41) is 0. The van der Waals surface area contributed by atoms with Gasteiger partial charge in [-0.2, -0.15) is 13.2 Å². The Bertz CT molecular complexity index is 603. The zero-order valence-electron chi connectivity index (χ0n) is 11.2. The van der Waals surface area contributed by atoms with Crippen LogP contribution in [0, 0.1) is 5.82 Å². The van der Waals surface area contributed by atoms with Gasteiger partial charge in [-0.05, 0) is 32.0 Å². The van der Waals surface area contributed by atoms with Crippen LogP contribution in [0.15, 0.2) is 23.1 Å². The van der Waals surface area contributed by atoms with E-state index >= 15 is 0 Å². The van der Waals surface area contributed by atoms with Crippen molar-refractivity contribution in [2.24, 2.45) is 5.73 Å². The minimum absolute atomic E-state index is 0. The molecule has 0 bridgehead atoms. The van der Waals surface area contributed by atoms with Crippen molar-refractivity contribution in [1.29, 1.82) is 0 Å². The van der Waals surface area contributed by atoms with Crippen molar-refractivity contribution in [2.75, 3.05) is 6.54 Å². The van der Waals surface area contributed by atoms with Gasteiger partial charge in [0, 0.05) is 12.1 Å². The fraction of sp³-hybridized carbons (Fsp3) is 0.455. The molecule has 0 aliphatic heterocycles. The number of halogens is 5. The molecule has 0 atom stereocenters. The molecular formula is C11H15ClF4N2O2S. The molecule has 0 amide bonds. The topological polar surface area (TPSA) is 72.2 Å². The van der Waals surface area contributed by atoms with Crippen LogP contribution in [-0.4, -0.2) is 20.5 Å². The second-order valence-corrected chi connectivity index (χ2v) is 6.52. The highest BCUT2D eigenvalue weighted by atomic mass is 35.5. The third-order valence-electron chi connectivity index (χ3n) is 2.48. The van der Waals surface area contributed by atoms with Gasteiger partial charge in [0.1, 0.15) is 5.82 Å². The fourth-order valence-electron chi connectivity index (χ4n) is 1.36. The number of hydrogen-bond donors (Lipinski definition) is 2. The molecule has 1 aromatic carbocycles. The zero-order valence-corrected chi connectivity index (χ0v) is 12.8. The Kier molecular flexibility index (Phi) is 6.19. The van der Waals surface area contributed by atoms with Crippen LogP contribution in [-0.2, 0) is 16.2 Å². The van der Waals surface area contributed by atoms with Gasteiger partial charge in [0.05, 0.1) is 10.5 Å². The van der Waals surface area contributed by atoms with Crippen molar-refractivity contribution in [3.63, 3.8) is 0 Å². The van der Waals surface area contributed by atoms with Crippen LogP contribution >= 0.6 is 12.4 Å². The number of sulfonamides is 1. The first kappa shape index (κ1) is 20.1. The summed E-state index contributed by atoms with van der Waals surface area (Å²) >= 11 is 0. The van der Waals surface area contributed by atoms with Crippen molar-refractivity contribution in [3.05, 3.63) is 29.6 Å². The maximum atomic E-state index is 13.4. The Morgan fingerprint density at radius 1 is 1.24 bits per heavy atom. The SMILES string of the molecule is CC(C)(CN)NS(=O)(=O)c1ccc(C(F)(F)F)c(F)c1.Cl. The molecule has 0 unspecified atom stereocenters. The monoisotopic (exact) mass is 350 g/mol. The molecule has 1 rings (SSSR count). The first-order chi connectivity index (χ1) is 8.89. The average molecular weight is 351 g/mol. The van der Waals surface area contributed by atoms with Gasteiger partial charge in [0.25, 0.3) is 0 Å². The van der Waals surface area contributed by atoms with Crippen LogP contribution in [0.1, 0.15) is 19.4 Å². The standard InChI is InChI=1S/C11H14F4N2O2S.ClH/c1-10(2,6-16)17-20(18,19)7-3-4-8(9(12)5-7)11(13,14)15;/h3-5,17H,6,16H2,1-2H3;1H. The smallest absolute Gasteiger partial charge is 0.329 e. The van der Waals surface area contributed by atoms with Crippen molar-refractivity contribution in [3.8, 4) is 0 Å². The van der Waals surface area contributed by atoms with E-state index in [1.807, 2.05) is 0 Å². The van der Waals surface area contributed by atoms with E-state index < -0.39 is 38.0 Å². The highest BCUT2D eigenvalue weighted by Gasteiger charge is 2.35. The summed E-state index contributed by atoms with van der Waals surface area (Å²) in [6.45, 7) is 2.95. The second kappa shape index (κ2) is 6.47. The first-order valence-corrected chi connectivity index (χ1v) is 6.98. The van der Waals surface area contributed by atoms with Gasteiger partial charge in [0.15, 0.2) is 0 Å². The molecule has 0 radical (unpaired) electrons. The van der Waals surface area contributed by atoms with Gasteiger partial charge >= 0.3 is 6.18 Å². The summed E-state index contributed by atoms with van der Waals surface area (Å²) in [7, 11) is -4.15. The van der Waals surface area contributed by atoms with Crippen molar-refractivity contribution >= 4 is 22.4 Å². The molecule has 0 heterocycles. The summed E-state index contributed by atoms with van der Waals surface area (Å²) in [5.41, 5.74) is 2.83. The molecule has 0 aliphatic carbocycles. The van der Waals surface area contributed by atoms with Crippen molar-refractivity contribution in [2.45, 2.75) is 30.5 Å². The minimum atomic E-state index is -4.88. The Hall–Kier alpha value is -0.900. The van der Waals surface area contributed by atoms with Crippen LogP contribution in [0.5, 0.6) is 0 Å². The summed E-state index contributed by atoms with van der Waals surface area (Å²) in [6, 6.07) is 1.41. The molecule has 122 valence electrons. The summed E-state index contributed by atoms with van der Waals surface area (Å²) in [6.07, 6.45) is -4.88. The van der Waals surface area contributed by atoms with Gasteiger partial charge in [-0.25, -0.2) is 17.5 Å². The lowest BCUT2D eigenvalue weighted by atomic mass is 10.1. The second-order valence-electron chi connectivity index (χ2n) is 4.83. The number of rotatable bonds is 4. The normalized spacial score (nSPS) is 12.9. The number of alkyl halides is 3. The third kappa shape index (κ3) is 5.10. The largest absolute Gasteiger partial charge is 0.419 e. The number of nitrogens with one attached hydrogen (secondary N) is 1. The Balaban J connectivity index is 0.00000400. The molecule has 0 spiro atoms. The van der Waals surface area contributed by atoms with E-state index in [2.05, 4.69) is 4.72 Å². The minimum Gasteiger partial charge on any atom is -0.329 e. The Labute approximate surface area is 126 Å². The third-order valence-corrected chi connectivity index (χ3v) is 4.17. The van der Waals surface area contributed by atoms with E-state index in [1.165, 1.54) is 13.8 Å². The van der Waals surface area contributed by atoms with E-state index in [0.717, 1.165) is 0 Å².